The van der Waals surface area contributed by atoms with Crippen LogP contribution < -0.4 is 0 Å². The number of aliphatic hydroxyl groups is 1. The highest BCUT2D eigenvalue weighted by molar-refractivity contribution is 7.07. The number of thiazole rings is 1. The van der Waals surface area contributed by atoms with Gasteiger partial charge in [0.25, 0.3) is 0 Å². The summed E-state index contributed by atoms with van der Waals surface area (Å²) < 4.78 is 0. The standard InChI is InChI=1S/C8H13NOS/c1-8(2,3)7(10)6-4-11-5-9-6/h4-5,7,10H,1-3H3. The fraction of sp³-hybridized carbons (Fsp3) is 0.625. The maximum absolute atomic E-state index is 9.69. The maximum atomic E-state index is 9.69. The van der Waals surface area contributed by atoms with Crippen molar-refractivity contribution < 1.29 is 5.11 Å². The molecule has 0 spiro atoms. The maximum Gasteiger partial charge on any atom is 0.102 e. The fourth-order valence-corrected chi connectivity index (χ4v) is 1.37. The average Bonchev–Trinajstić information content (AvgIpc) is 2.34. The number of hydrogen-bond donors (Lipinski definition) is 1. The van der Waals surface area contributed by atoms with Crippen LogP contribution in [0.1, 0.15) is 32.6 Å². The molecule has 0 saturated carbocycles. The van der Waals surface area contributed by atoms with E-state index in [0.29, 0.717) is 0 Å². The summed E-state index contributed by atoms with van der Waals surface area (Å²) in [6.45, 7) is 5.99. The Bertz CT molecular complexity index is 212. The van der Waals surface area contributed by atoms with Gasteiger partial charge in [-0.05, 0) is 5.41 Å². The van der Waals surface area contributed by atoms with Gasteiger partial charge >= 0.3 is 0 Å². The Morgan fingerprint density at radius 2 is 2.18 bits per heavy atom. The van der Waals surface area contributed by atoms with Crippen molar-refractivity contribution in [2.24, 2.45) is 5.41 Å². The van der Waals surface area contributed by atoms with Gasteiger partial charge in [-0.1, -0.05) is 20.8 Å². The summed E-state index contributed by atoms with van der Waals surface area (Å²) in [5, 5.41) is 11.6. The van der Waals surface area contributed by atoms with E-state index in [-0.39, 0.29) is 5.41 Å². The van der Waals surface area contributed by atoms with Crippen molar-refractivity contribution in [1.82, 2.24) is 4.98 Å². The van der Waals surface area contributed by atoms with Crippen LogP contribution in [0.2, 0.25) is 0 Å². The molecule has 0 aliphatic heterocycles. The molecule has 11 heavy (non-hydrogen) atoms. The second kappa shape index (κ2) is 2.91. The van der Waals surface area contributed by atoms with Crippen LogP contribution in [0.15, 0.2) is 10.9 Å². The molecule has 1 aromatic rings. The molecule has 0 fully saturated rings. The number of hydrogen-bond acceptors (Lipinski definition) is 3. The lowest BCUT2D eigenvalue weighted by molar-refractivity contribution is 0.0594. The lowest BCUT2D eigenvalue weighted by atomic mass is 9.88. The Hall–Kier alpha value is -0.410. The van der Waals surface area contributed by atoms with Gasteiger partial charge in [0.1, 0.15) is 6.10 Å². The third-order valence-corrected chi connectivity index (χ3v) is 2.16. The van der Waals surface area contributed by atoms with Crippen LogP contribution in [-0.4, -0.2) is 10.1 Å². The summed E-state index contributed by atoms with van der Waals surface area (Å²) in [4.78, 5) is 4.05. The zero-order valence-electron chi connectivity index (χ0n) is 7.03. The van der Waals surface area contributed by atoms with E-state index in [9.17, 15) is 5.11 Å². The predicted octanol–water partition coefficient (Wildman–Crippen LogP) is 2.22. The van der Waals surface area contributed by atoms with Crippen LogP contribution in [0.4, 0.5) is 0 Å². The minimum Gasteiger partial charge on any atom is -0.386 e. The highest BCUT2D eigenvalue weighted by Crippen LogP contribution is 2.31. The first kappa shape index (κ1) is 8.68. The summed E-state index contributed by atoms with van der Waals surface area (Å²) in [6.07, 6.45) is -0.450. The first-order valence-corrected chi connectivity index (χ1v) is 4.52. The van der Waals surface area contributed by atoms with Crippen molar-refractivity contribution in [3.63, 3.8) is 0 Å². The van der Waals surface area contributed by atoms with E-state index in [1.165, 1.54) is 11.3 Å². The Labute approximate surface area is 70.9 Å². The van der Waals surface area contributed by atoms with Crippen molar-refractivity contribution in [3.8, 4) is 0 Å². The van der Waals surface area contributed by atoms with Crippen LogP contribution in [0.3, 0.4) is 0 Å². The van der Waals surface area contributed by atoms with Crippen LogP contribution in [0, 0.1) is 5.41 Å². The molecule has 0 saturated heterocycles. The molecule has 0 radical (unpaired) electrons. The van der Waals surface area contributed by atoms with Gasteiger partial charge < -0.3 is 5.11 Å². The van der Waals surface area contributed by atoms with E-state index in [1.807, 2.05) is 26.2 Å². The minimum atomic E-state index is -0.450. The van der Waals surface area contributed by atoms with Gasteiger partial charge in [0.05, 0.1) is 11.2 Å². The number of aromatic nitrogens is 1. The third kappa shape index (κ3) is 2.01. The molecule has 62 valence electrons. The molecular formula is C8H13NOS. The molecule has 0 bridgehead atoms. The highest BCUT2D eigenvalue weighted by atomic mass is 32.1. The van der Waals surface area contributed by atoms with Crippen molar-refractivity contribution in [3.05, 3.63) is 16.6 Å². The van der Waals surface area contributed by atoms with E-state index < -0.39 is 6.10 Å². The second-order valence-corrected chi connectivity index (χ2v) is 4.40. The van der Waals surface area contributed by atoms with Crippen LogP contribution >= 0.6 is 11.3 Å². The van der Waals surface area contributed by atoms with Crippen molar-refractivity contribution in [2.75, 3.05) is 0 Å². The second-order valence-electron chi connectivity index (χ2n) is 3.68. The normalized spacial score (nSPS) is 14.9. The minimum absolute atomic E-state index is 0.117. The van der Waals surface area contributed by atoms with E-state index in [2.05, 4.69) is 4.98 Å². The van der Waals surface area contributed by atoms with Gasteiger partial charge in [0.2, 0.25) is 0 Å². The third-order valence-electron chi connectivity index (χ3n) is 1.55. The van der Waals surface area contributed by atoms with Gasteiger partial charge in [-0.15, -0.1) is 11.3 Å². The monoisotopic (exact) mass is 171 g/mol. The van der Waals surface area contributed by atoms with Gasteiger partial charge in [0, 0.05) is 5.38 Å². The van der Waals surface area contributed by atoms with Crippen LogP contribution in [0.25, 0.3) is 0 Å². The molecule has 0 aliphatic carbocycles. The van der Waals surface area contributed by atoms with Crippen LogP contribution in [0.5, 0.6) is 0 Å². The SMILES string of the molecule is CC(C)(C)C(O)c1cscn1. The zero-order valence-corrected chi connectivity index (χ0v) is 7.85. The van der Waals surface area contributed by atoms with Gasteiger partial charge in [-0.3, -0.25) is 0 Å². The molecule has 1 aromatic heterocycles. The van der Waals surface area contributed by atoms with E-state index in [1.54, 1.807) is 5.51 Å². The zero-order chi connectivity index (χ0) is 8.48. The molecule has 1 atom stereocenters. The van der Waals surface area contributed by atoms with E-state index in [0.717, 1.165) is 5.69 Å². The van der Waals surface area contributed by atoms with Gasteiger partial charge in [0.15, 0.2) is 0 Å². The molecule has 1 N–H and O–H groups in total. The van der Waals surface area contributed by atoms with Crippen molar-refractivity contribution >= 4 is 11.3 Å². The molecule has 2 nitrogen and oxygen atoms in total. The number of aliphatic hydroxyl groups excluding tert-OH is 1. The number of nitrogens with zero attached hydrogens (tertiary/aromatic N) is 1. The fourth-order valence-electron chi connectivity index (χ4n) is 0.801. The molecule has 0 aliphatic rings. The average molecular weight is 171 g/mol. The summed E-state index contributed by atoms with van der Waals surface area (Å²) in [5.41, 5.74) is 2.40. The van der Waals surface area contributed by atoms with Crippen molar-refractivity contribution in [2.45, 2.75) is 26.9 Å². The first-order chi connectivity index (χ1) is 5.02. The highest BCUT2D eigenvalue weighted by Gasteiger charge is 2.24. The lowest BCUT2D eigenvalue weighted by Gasteiger charge is -2.23. The number of rotatable bonds is 1. The largest absolute Gasteiger partial charge is 0.386 e. The van der Waals surface area contributed by atoms with Crippen LogP contribution in [-0.2, 0) is 0 Å². The molecule has 1 unspecified atom stereocenters. The Morgan fingerprint density at radius 1 is 1.55 bits per heavy atom. The summed E-state index contributed by atoms with van der Waals surface area (Å²) in [5.74, 6) is 0. The smallest absolute Gasteiger partial charge is 0.102 e. The molecular weight excluding hydrogens is 158 g/mol. The molecule has 1 heterocycles. The lowest BCUT2D eigenvalue weighted by Crippen LogP contribution is -2.17. The first-order valence-electron chi connectivity index (χ1n) is 3.58. The Kier molecular flexibility index (Phi) is 2.30. The van der Waals surface area contributed by atoms with Gasteiger partial charge in [-0.2, -0.15) is 0 Å². The van der Waals surface area contributed by atoms with E-state index in [4.69, 9.17) is 0 Å². The summed E-state index contributed by atoms with van der Waals surface area (Å²) >= 11 is 1.51. The molecule has 0 aromatic carbocycles. The Morgan fingerprint density at radius 3 is 2.55 bits per heavy atom. The van der Waals surface area contributed by atoms with E-state index >= 15 is 0 Å². The van der Waals surface area contributed by atoms with Crippen molar-refractivity contribution in [1.29, 1.82) is 0 Å². The molecule has 1 rings (SSSR count). The Balaban J connectivity index is 2.78. The quantitative estimate of drug-likeness (QED) is 0.702. The van der Waals surface area contributed by atoms with Gasteiger partial charge in [-0.25, -0.2) is 4.98 Å². The molecule has 3 heteroatoms. The molecule has 0 amide bonds. The summed E-state index contributed by atoms with van der Waals surface area (Å²) in [6, 6.07) is 0. The predicted molar refractivity (Wildman–Crippen MR) is 46.5 cm³/mol. The topological polar surface area (TPSA) is 33.1 Å². The summed E-state index contributed by atoms with van der Waals surface area (Å²) in [7, 11) is 0.